The molecule has 0 radical (unpaired) electrons. The van der Waals surface area contributed by atoms with Crippen molar-refractivity contribution < 1.29 is 4.79 Å². The number of rotatable bonds is 3. The van der Waals surface area contributed by atoms with Crippen molar-refractivity contribution in [3.63, 3.8) is 0 Å². The van der Waals surface area contributed by atoms with Gasteiger partial charge in [0.05, 0.1) is 0 Å². The minimum Gasteiger partial charge on any atom is -0.299 e. The SMILES string of the molecule is CC1(C)CC1C(=O)Cc1ccc(Br)cn1. The van der Waals surface area contributed by atoms with E-state index in [2.05, 4.69) is 34.8 Å². The average molecular weight is 268 g/mol. The summed E-state index contributed by atoms with van der Waals surface area (Å²) in [4.78, 5) is 16.0. The van der Waals surface area contributed by atoms with Crippen LogP contribution < -0.4 is 0 Å². The molecule has 2 nitrogen and oxygen atoms in total. The highest BCUT2D eigenvalue weighted by atomic mass is 79.9. The molecule has 0 spiro atoms. The molecule has 0 aliphatic heterocycles. The van der Waals surface area contributed by atoms with Crippen LogP contribution in [0.5, 0.6) is 0 Å². The summed E-state index contributed by atoms with van der Waals surface area (Å²) in [5.41, 5.74) is 1.10. The van der Waals surface area contributed by atoms with Gasteiger partial charge < -0.3 is 0 Å². The van der Waals surface area contributed by atoms with E-state index < -0.39 is 0 Å². The Bertz CT molecular complexity index is 383. The van der Waals surface area contributed by atoms with Crippen LogP contribution in [0.25, 0.3) is 0 Å². The summed E-state index contributed by atoms with van der Waals surface area (Å²) in [6, 6.07) is 3.82. The van der Waals surface area contributed by atoms with E-state index in [0.29, 0.717) is 12.2 Å². The molecule has 1 unspecified atom stereocenters. The summed E-state index contributed by atoms with van der Waals surface area (Å²) >= 11 is 3.32. The Kier molecular flexibility index (Phi) is 2.67. The predicted molar refractivity (Wildman–Crippen MR) is 62.5 cm³/mol. The van der Waals surface area contributed by atoms with Gasteiger partial charge in [-0.1, -0.05) is 13.8 Å². The number of Topliss-reactive ketones (excluding diaryl/α,β-unsaturated/α-hetero) is 1. The summed E-state index contributed by atoms with van der Waals surface area (Å²) in [6.45, 7) is 4.29. The molecule has 0 saturated heterocycles. The van der Waals surface area contributed by atoms with Crippen molar-refractivity contribution in [1.29, 1.82) is 0 Å². The Balaban J connectivity index is 1.98. The van der Waals surface area contributed by atoms with Crippen molar-refractivity contribution in [2.24, 2.45) is 11.3 Å². The number of hydrogen-bond donors (Lipinski definition) is 0. The number of pyridine rings is 1. The molecule has 2 rings (SSSR count). The second-order valence-electron chi connectivity index (χ2n) is 4.86. The van der Waals surface area contributed by atoms with Crippen LogP contribution in [0.4, 0.5) is 0 Å². The number of carbonyl (C=O) groups is 1. The molecule has 15 heavy (non-hydrogen) atoms. The minimum atomic E-state index is 0.229. The third-order valence-electron chi connectivity index (χ3n) is 3.05. The molecular weight excluding hydrogens is 254 g/mol. The molecule has 0 bridgehead atoms. The predicted octanol–water partition coefficient (Wildman–Crippen LogP) is 3.00. The fourth-order valence-corrected chi connectivity index (χ4v) is 2.06. The van der Waals surface area contributed by atoms with E-state index in [1.807, 2.05) is 12.1 Å². The first-order valence-electron chi connectivity index (χ1n) is 5.12. The van der Waals surface area contributed by atoms with E-state index in [4.69, 9.17) is 0 Å². The maximum atomic E-state index is 11.8. The van der Waals surface area contributed by atoms with Gasteiger partial charge >= 0.3 is 0 Å². The molecule has 1 fully saturated rings. The van der Waals surface area contributed by atoms with E-state index in [9.17, 15) is 4.79 Å². The number of ketones is 1. The Morgan fingerprint density at radius 2 is 2.27 bits per heavy atom. The second kappa shape index (κ2) is 3.71. The van der Waals surface area contributed by atoms with Gasteiger partial charge in [-0.05, 0) is 39.9 Å². The lowest BCUT2D eigenvalue weighted by atomic mass is 10.0. The number of carbonyl (C=O) groups excluding carboxylic acids is 1. The van der Waals surface area contributed by atoms with Crippen molar-refractivity contribution in [3.05, 3.63) is 28.5 Å². The summed E-state index contributed by atoms with van der Waals surface area (Å²) in [5.74, 6) is 0.581. The van der Waals surface area contributed by atoms with E-state index in [1.54, 1.807) is 6.20 Å². The van der Waals surface area contributed by atoms with Crippen LogP contribution in [0.1, 0.15) is 26.0 Å². The van der Waals surface area contributed by atoms with E-state index in [-0.39, 0.29) is 11.3 Å². The molecule has 0 N–H and O–H groups in total. The molecule has 0 aromatic carbocycles. The first kappa shape index (κ1) is 10.8. The van der Waals surface area contributed by atoms with Gasteiger partial charge in [-0.15, -0.1) is 0 Å². The van der Waals surface area contributed by atoms with Gasteiger partial charge in [0, 0.05) is 28.7 Å². The molecule has 1 aliphatic rings. The number of hydrogen-bond acceptors (Lipinski definition) is 2. The van der Waals surface area contributed by atoms with E-state index in [1.165, 1.54) is 0 Å². The Hall–Kier alpha value is -0.700. The fraction of sp³-hybridized carbons (Fsp3) is 0.500. The second-order valence-corrected chi connectivity index (χ2v) is 5.77. The van der Waals surface area contributed by atoms with Crippen LogP contribution in [0.15, 0.2) is 22.8 Å². The van der Waals surface area contributed by atoms with E-state index in [0.717, 1.165) is 16.6 Å². The van der Waals surface area contributed by atoms with E-state index >= 15 is 0 Å². The van der Waals surface area contributed by atoms with Crippen LogP contribution >= 0.6 is 15.9 Å². The highest BCUT2D eigenvalue weighted by Crippen LogP contribution is 2.52. The van der Waals surface area contributed by atoms with Crippen molar-refractivity contribution in [3.8, 4) is 0 Å². The summed E-state index contributed by atoms with van der Waals surface area (Å²) in [6.07, 6.45) is 3.24. The third-order valence-corrected chi connectivity index (χ3v) is 3.52. The molecule has 3 heteroatoms. The van der Waals surface area contributed by atoms with Gasteiger partial charge in [0.2, 0.25) is 0 Å². The lowest BCUT2D eigenvalue weighted by Crippen LogP contribution is -2.10. The van der Waals surface area contributed by atoms with Crippen LogP contribution in [-0.2, 0) is 11.2 Å². The monoisotopic (exact) mass is 267 g/mol. The zero-order chi connectivity index (χ0) is 11.1. The molecule has 1 heterocycles. The largest absolute Gasteiger partial charge is 0.299 e. The summed E-state index contributed by atoms with van der Waals surface area (Å²) in [5, 5.41) is 0. The van der Waals surface area contributed by atoms with Gasteiger partial charge in [-0.3, -0.25) is 9.78 Å². The molecule has 1 aromatic rings. The Morgan fingerprint density at radius 1 is 1.60 bits per heavy atom. The smallest absolute Gasteiger partial charge is 0.142 e. The highest BCUT2D eigenvalue weighted by Gasteiger charge is 2.49. The standard InChI is InChI=1S/C12H14BrNO/c1-12(2)6-10(12)11(15)5-9-4-3-8(13)7-14-9/h3-4,7,10H,5-6H2,1-2H3. The number of aromatic nitrogens is 1. The lowest BCUT2D eigenvalue weighted by Gasteiger charge is -2.02. The lowest BCUT2D eigenvalue weighted by molar-refractivity contribution is -0.120. The van der Waals surface area contributed by atoms with Crippen molar-refractivity contribution in [1.82, 2.24) is 4.98 Å². The molecule has 80 valence electrons. The number of nitrogens with zero attached hydrogens (tertiary/aromatic N) is 1. The van der Waals surface area contributed by atoms with Crippen LogP contribution in [-0.4, -0.2) is 10.8 Å². The third kappa shape index (κ3) is 2.46. The first-order chi connectivity index (χ1) is 6.99. The zero-order valence-electron chi connectivity index (χ0n) is 8.96. The highest BCUT2D eigenvalue weighted by molar-refractivity contribution is 9.10. The van der Waals surface area contributed by atoms with Gasteiger partial charge in [0.15, 0.2) is 0 Å². The van der Waals surface area contributed by atoms with Crippen molar-refractivity contribution >= 4 is 21.7 Å². The maximum Gasteiger partial charge on any atom is 0.142 e. The number of halogens is 1. The zero-order valence-corrected chi connectivity index (χ0v) is 10.5. The summed E-state index contributed by atoms with van der Waals surface area (Å²) < 4.78 is 0.949. The fourth-order valence-electron chi connectivity index (χ4n) is 1.83. The molecule has 1 saturated carbocycles. The van der Waals surface area contributed by atoms with Gasteiger partial charge in [0.25, 0.3) is 0 Å². The van der Waals surface area contributed by atoms with Crippen LogP contribution in [0.2, 0.25) is 0 Å². The topological polar surface area (TPSA) is 30.0 Å². The van der Waals surface area contributed by atoms with Crippen LogP contribution in [0.3, 0.4) is 0 Å². The molecule has 1 aromatic heterocycles. The van der Waals surface area contributed by atoms with Crippen molar-refractivity contribution in [2.75, 3.05) is 0 Å². The Labute approximate surface area is 98.2 Å². The van der Waals surface area contributed by atoms with Gasteiger partial charge in [0.1, 0.15) is 5.78 Å². The van der Waals surface area contributed by atoms with Gasteiger partial charge in [-0.2, -0.15) is 0 Å². The molecule has 1 atom stereocenters. The van der Waals surface area contributed by atoms with Crippen LogP contribution in [0, 0.1) is 11.3 Å². The molecule has 0 amide bonds. The first-order valence-corrected chi connectivity index (χ1v) is 5.91. The quantitative estimate of drug-likeness (QED) is 0.843. The average Bonchev–Trinajstić information content (AvgIpc) is 2.79. The van der Waals surface area contributed by atoms with Gasteiger partial charge in [-0.25, -0.2) is 0 Å². The summed E-state index contributed by atoms with van der Waals surface area (Å²) in [7, 11) is 0. The van der Waals surface area contributed by atoms with Crippen molar-refractivity contribution in [2.45, 2.75) is 26.7 Å². The molecule has 1 aliphatic carbocycles. The molecular formula is C12H14BrNO. The minimum absolute atomic E-state index is 0.229. The maximum absolute atomic E-state index is 11.8. The normalized spacial score (nSPS) is 22.5. The Morgan fingerprint density at radius 3 is 2.73 bits per heavy atom.